The first-order valence-electron chi connectivity index (χ1n) is 3.60. The second-order valence-electron chi connectivity index (χ2n) is 2.23. The molecule has 2 N–H and O–H groups in total. The maximum Gasteiger partial charge on any atom is 0.152 e. The SMILES string of the molecule is C1CS[C](S[C]2NCCS2)N1. The molecule has 2 aliphatic heterocycles. The van der Waals surface area contributed by atoms with Gasteiger partial charge in [0, 0.05) is 24.6 Å². The third kappa shape index (κ3) is 2.45. The summed E-state index contributed by atoms with van der Waals surface area (Å²) in [6.45, 7) is 2.26. The molecule has 0 aromatic rings. The second-order valence-corrected chi connectivity index (χ2v) is 5.98. The lowest BCUT2D eigenvalue weighted by Crippen LogP contribution is -2.14. The van der Waals surface area contributed by atoms with Crippen molar-refractivity contribution in [3.05, 3.63) is 9.41 Å². The molecule has 0 spiro atoms. The van der Waals surface area contributed by atoms with E-state index in [0.717, 1.165) is 13.1 Å². The lowest BCUT2D eigenvalue weighted by molar-refractivity contribution is 0.911. The minimum Gasteiger partial charge on any atom is -0.290 e. The molecule has 0 bridgehead atoms. The van der Waals surface area contributed by atoms with Crippen molar-refractivity contribution >= 4 is 35.3 Å². The van der Waals surface area contributed by atoms with Crippen LogP contribution in [0.25, 0.3) is 0 Å². The first kappa shape index (κ1) is 8.56. The molecule has 5 heteroatoms. The Kier molecular flexibility index (Phi) is 3.33. The maximum absolute atomic E-state index is 3.35. The van der Waals surface area contributed by atoms with E-state index in [4.69, 9.17) is 0 Å². The van der Waals surface area contributed by atoms with Gasteiger partial charge in [0.25, 0.3) is 0 Å². The van der Waals surface area contributed by atoms with Gasteiger partial charge in [-0.2, -0.15) is 0 Å². The Bertz CT molecular complexity index is 107. The summed E-state index contributed by atoms with van der Waals surface area (Å²) in [5, 5.41) is 6.70. The third-order valence-electron chi connectivity index (χ3n) is 1.39. The quantitative estimate of drug-likeness (QED) is 0.709. The maximum atomic E-state index is 3.35. The van der Waals surface area contributed by atoms with Crippen LogP contribution >= 0.6 is 35.3 Å². The average Bonchev–Trinajstić information content (AvgIpc) is 2.60. The van der Waals surface area contributed by atoms with Gasteiger partial charge in [-0.25, -0.2) is 0 Å². The predicted octanol–water partition coefficient (Wildman–Crippen LogP) is 1.29. The minimum absolute atomic E-state index is 1.13. The molecule has 2 aliphatic rings. The Morgan fingerprint density at radius 2 is 1.55 bits per heavy atom. The number of hydrogen-bond donors (Lipinski definition) is 2. The van der Waals surface area contributed by atoms with Crippen LogP contribution in [0.5, 0.6) is 0 Å². The monoisotopic (exact) mass is 206 g/mol. The summed E-state index contributed by atoms with van der Waals surface area (Å²) in [5.41, 5.74) is 0. The Morgan fingerprint density at radius 3 is 1.91 bits per heavy atom. The first-order chi connectivity index (χ1) is 5.45. The van der Waals surface area contributed by atoms with Gasteiger partial charge in [-0.15, -0.1) is 23.5 Å². The van der Waals surface area contributed by atoms with Crippen LogP contribution in [0.3, 0.4) is 0 Å². The third-order valence-corrected chi connectivity index (χ3v) is 4.89. The van der Waals surface area contributed by atoms with E-state index in [1.165, 1.54) is 20.9 Å². The lowest BCUT2D eigenvalue weighted by atomic mass is 10.8. The molecular formula is C6H10N2S3. The van der Waals surface area contributed by atoms with Crippen molar-refractivity contribution in [1.29, 1.82) is 0 Å². The molecule has 0 amide bonds. The Hall–Kier alpha value is 0.970. The fraction of sp³-hybridized carbons (Fsp3) is 0.667. The lowest BCUT2D eigenvalue weighted by Gasteiger charge is -2.11. The predicted molar refractivity (Wildman–Crippen MR) is 55.0 cm³/mol. The summed E-state index contributed by atoms with van der Waals surface area (Å²) in [6, 6.07) is 0. The molecule has 0 atom stereocenters. The summed E-state index contributed by atoms with van der Waals surface area (Å²) in [7, 11) is 0. The average molecular weight is 206 g/mol. The van der Waals surface area contributed by atoms with Gasteiger partial charge in [0.15, 0.2) is 9.41 Å². The largest absolute Gasteiger partial charge is 0.290 e. The van der Waals surface area contributed by atoms with Crippen LogP contribution in [0.1, 0.15) is 0 Å². The summed E-state index contributed by atoms with van der Waals surface area (Å²) in [4.78, 5) is 0. The van der Waals surface area contributed by atoms with Crippen LogP contribution in [-0.2, 0) is 0 Å². The molecule has 11 heavy (non-hydrogen) atoms. The zero-order valence-electron chi connectivity index (χ0n) is 6.05. The van der Waals surface area contributed by atoms with E-state index in [2.05, 4.69) is 10.6 Å². The molecule has 2 radical (unpaired) electrons. The highest BCUT2D eigenvalue weighted by Gasteiger charge is 2.25. The van der Waals surface area contributed by atoms with Crippen molar-refractivity contribution in [2.75, 3.05) is 24.6 Å². The number of rotatable bonds is 2. The highest BCUT2D eigenvalue weighted by Crippen LogP contribution is 2.43. The van der Waals surface area contributed by atoms with Gasteiger partial charge in [-0.1, -0.05) is 11.8 Å². The zero-order valence-corrected chi connectivity index (χ0v) is 8.50. The zero-order chi connectivity index (χ0) is 7.52. The van der Waals surface area contributed by atoms with Crippen LogP contribution in [0, 0.1) is 9.41 Å². The van der Waals surface area contributed by atoms with Crippen LogP contribution < -0.4 is 10.6 Å². The molecule has 0 saturated carbocycles. The van der Waals surface area contributed by atoms with Gasteiger partial charge in [0.05, 0.1) is 0 Å². The minimum atomic E-state index is 1.13. The van der Waals surface area contributed by atoms with Crippen LogP contribution in [-0.4, -0.2) is 24.6 Å². The molecule has 2 rings (SSSR count). The van der Waals surface area contributed by atoms with Crippen molar-refractivity contribution < 1.29 is 0 Å². The van der Waals surface area contributed by atoms with Gasteiger partial charge in [0.1, 0.15) is 0 Å². The fourth-order valence-corrected chi connectivity index (χ4v) is 4.24. The molecule has 2 saturated heterocycles. The van der Waals surface area contributed by atoms with Crippen molar-refractivity contribution in [3.63, 3.8) is 0 Å². The number of nitrogens with one attached hydrogen (secondary N) is 2. The molecule has 2 nitrogen and oxygen atoms in total. The molecule has 0 aromatic carbocycles. The van der Waals surface area contributed by atoms with E-state index < -0.39 is 0 Å². The molecule has 0 aromatic heterocycles. The van der Waals surface area contributed by atoms with E-state index >= 15 is 0 Å². The molecule has 0 aliphatic carbocycles. The van der Waals surface area contributed by atoms with Gasteiger partial charge in [0.2, 0.25) is 0 Å². The smallest absolute Gasteiger partial charge is 0.152 e. The van der Waals surface area contributed by atoms with Crippen molar-refractivity contribution in [2.24, 2.45) is 0 Å². The molecule has 62 valence electrons. The highest BCUT2D eigenvalue weighted by molar-refractivity contribution is 8.29. The van der Waals surface area contributed by atoms with Gasteiger partial charge in [-0.05, 0) is 0 Å². The standard InChI is InChI=1S/C6H10N2S3/c1-3-9-5(7-1)11-6-8-2-4-10-6/h7-8H,1-4H2. The topological polar surface area (TPSA) is 24.1 Å². The number of hydrogen-bond acceptors (Lipinski definition) is 5. The van der Waals surface area contributed by atoms with Crippen LogP contribution in [0.4, 0.5) is 0 Å². The Morgan fingerprint density at radius 1 is 1.00 bits per heavy atom. The normalized spacial score (nSPS) is 28.4. The van der Waals surface area contributed by atoms with Crippen molar-refractivity contribution in [2.45, 2.75) is 0 Å². The van der Waals surface area contributed by atoms with E-state index in [9.17, 15) is 0 Å². The summed E-state index contributed by atoms with van der Waals surface area (Å²) >= 11 is 5.70. The van der Waals surface area contributed by atoms with Crippen LogP contribution in [0.15, 0.2) is 0 Å². The summed E-state index contributed by atoms with van der Waals surface area (Å²) in [5.74, 6) is 2.45. The van der Waals surface area contributed by atoms with E-state index in [1.807, 2.05) is 35.3 Å². The summed E-state index contributed by atoms with van der Waals surface area (Å²) < 4.78 is 2.73. The highest BCUT2D eigenvalue weighted by atomic mass is 32.2. The van der Waals surface area contributed by atoms with E-state index in [1.54, 1.807) is 0 Å². The van der Waals surface area contributed by atoms with Crippen molar-refractivity contribution in [1.82, 2.24) is 10.6 Å². The Balaban J connectivity index is 1.71. The van der Waals surface area contributed by atoms with Gasteiger partial charge < -0.3 is 0 Å². The van der Waals surface area contributed by atoms with E-state index in [-0.39, 0.29) is 0 Å². The summed E-state index contributed by atoms with van der Waals surface area (Å²) in [6.07, 6.45) is 0. The molecule has 2 fully saturated rings. The second kappa shape index (κ2) is 4.28. The number of thioether (sulfide) groups is 3. The first-order valence-corrected chi connectivity index (χ1v) is 6.39. The van der Waals surface area contributed by atoms with Crippen LogP contribution in [0.2, 0.25) is 0 Å². The Labute approximate surface area is 80.0 Å². The van der Waals surface area contributed by atoms with Gasteiger partial charge >= 0.3 is 0 Å². The molecule has 0 unspecified atom stereocenters. The molecular weight excluding hydrogens is 196 g/mol. The fourth-order valence-electron chi connectivity index (χ4n) is 0.911. The van der Waals surface area contributed by atoms with Crippen molar-refractivity contribution in [3.8, 4) is 0 Å². The van der Waals surface area contributed by atoms with E-state index in [0.29, 0.717) is 0 Å². The molecule has 2 heterocycles. The van der Waals surface area contributed by atoms with Gasteiger partial charge in [-0.3, -0.25) is 10.6 Å².